The summed E-state index contributed by atoms with van der Waals surface area (Å²) < 4.78 is 0. The van der Waals surface area contributed by atoms with Gasteiger partial charge in [-0.2, -0.15) is 4.98 Å². The molecule has 0 atom stereocenters. The highest BCUT2D eigenvalue weighted by molar-refractivity contribution is 5.57. The summed E-state index contributed by atoms with van der Waals surface area (Å²) in [4.78, 5) is 9.22. The van der Waals surface area contributed by atoms with Crippen molar-refractivity contribution in [2.24, 2.45) is 5.92 Å². The van der Waals surface area contributed by atoms with Gasteiger partial charge in [-0.3, -0.25) is 0 Å². The molecule has 2 heterocycles. The molecule has 0 amide bonds. The minimum Gasteiger partial charge on any atom is -0.369 e. The molecule has 0 aliphatic carbocycles. The van der Waals surface area contributed by atoms with Crippen molar-refractivity contribution in [3.8, 4) is 0 Å². The van der Waals surface area contributed by atoms with Crippen molar-refractivity contribution >= 4 is 17.5 Å². The quantitative estimate of drug-likeness (QED) is 0.791. The van der Waals surface area contributed by atoms with Crippen molar-refractivity contribution in [2.45, 2.75) is 26.7 Å². The maximum absolute atomic E-state index is 4.66. The van der Waals surface area contributed by atoms with Gasteiger partial charge in [0.25, 0.3) is 0 Å². The number of rotatable bonds is 5. The maximum Gasteiger partial charge on any atom is 0.229 e. The fourth-order valence-electron chi connectivity index (χ4n) is 2.83. The number of para-hydroxylation sites is 1. The van der Waals surface area contributed by atoms with Crippen molar-refractivity contribution in [1.29, 1.82) is 0 Å². The minimum absolute atomic E-state index is 0.645. The summed E-state index contributed by atoms with van der Waals surface area (Å²) in [6, 6.07) is 10.0. The first-order valence-corrected chi connectivity index (χ1v) is 8.34. The maximum atomic E-state index is 4.66. The lowest BCUT2D eigenvalue weighted by Gasteiger charge is -2.23. The third-order valence-electron chi connectivity index (χ3n) is 4.44. The normalized spacial score (nSPS) is 15.4. The lowest BCUT2D eigenvalue weighted by molar-refractivity contribution is 0.389. The molecule has 0 unspecified atom stereocenters. The van der Waals surface area contributed by atoms with Gasteiger partial charge in [-0.1, -0.05) is 18.2 Å². The molecule has 1 aliphatic heterocycles. The zero-order valence-corrected chi connectivity index (χ0v) is 13.9. The van der Waals surface area contributed by atoms with Crippen LogP contribution < -0.4 is 16.0 Å². The molecule has 2 aromatic rings. The Labute approximate surface area is 137 Å². The molecular weight excluding hydrogens is 286 g/mol. The van der Waals surface area contributed by atoms with E-state index in [1.54, 1.807) is 0 Å². The van der Waals surface area contributed by atoms with Crippen LogP contribution in [-0.4, -0.2) is 29.6 Å². The highest BCUT2D eigenvalue weighted by atomic mass is 15.1. The lowest BCUT2D eigenvalue weighted by atomic mass is 9.98. The first kappa shape index (κ1) is 15.7. The number of nitrogens with one attached hydrogen (secondary N) is 3. The monoisotopic (exact) mass is 311 g/mol. The van der Waals surface area contributed by atoms with E-state index in [1.165, 1.54) is 12.8 Å². The first-order valence-electron chi connectivity index (χ1n) is 8.34. The summed E-state index contributed by atoms with van der Waals surface area (Å²) in [6.45, 7) is 7.32. The number of aromatic nitrogens is 2. The van der Waals surface area contributed by atoms with Crippen LogP contribution in [0.5, 0.6) is 0 Å². The highest BCUT2D eigenvalue weighted by Crippen LogP contribution is 2.21. The van der Waals surface area contributed by atoms with Gasteiger partial charge >= 0.3 is 0 Å². The van der Waals surface area contributed by atoms with E-state index in [4.69, 9.17) is 0 Å². The Morgan fingerprint density at radius 1 is 1.09 bits per heavy atom. The molecule has 122 valence electrons. The molecule has 1 aromatic carbocycles. The standard InChI is InChI=1S/C18H25N5/c1-13-14(2)21-18(22-16-6-4-3-5-7-16)23-17(13)20-12-15-8-10-19-11-9-15/h3-7,15,19H,8-12H2,1-2H3,(H2,20,21,22,23). The molecule has 5 nitrogen and oxygen atoms in total. The predicted octanol–water partition coefficient (Wildman–Crippen LogP) is 3.25. The molecule has 1 fully saturated rings. The number of benzene rings is 1. The van der Waals surface area contributed by atoms with E-state index in [-0.39, 0.29) is 0 Å². The van der Waals surface area contributed by atoms with E-state index in [2.05, 4.69) is 32.8 Å². The van der Waals surface area contributed by atoms with Gasteiger partial charge in [-0.15, -0.1) is 0 Å². The molecule has 0 radical (unpaired) electrons. The molecule has 3 rings (SSSR count). The summed E-state index contributed by atoms with van der Waals surface area (Å²) in [5.41, 5.74) is 3.13. The zero-order valence-electron chi connectivity index (χ0n) is 13.9. The number of piperidine rings is 1. The molecule has 1 saturated heterocycles. The summed E-state index contributed by atoms with van der Waals surface area (Å²) in [5.74, 6) is 2.30. The number of anilines is 3. The molecule has 1 aromatic heterocycles. The largest absolute Gasteiger partial charge is 0.369 e. The SMILES string of the molecule is Cc1nc(Nc2ccccc2)nc(NCC2CCNCC2)c1C. The second-order valence-corrected chi connectivity index (χ2v) is 6.17. The van der Waals surface area contributed by atoms with Crippen LogP contribution in [0.15, 0.2) is 30.3 Å². The van der Waals surface area contributed by atoms with Crippen LogP contribution >= 0.6 is 0 Å². The smallest absolute Gasteiger partial charge is 0.229 e. The van der Waals surface area contributed by atoms with Crippen molar-refractivity contribution in [1.82, 2.24) is 15.3 Å². The third-order valence-corrected chi connectivity index (χ3v) is 4.44. The van der Waals surface area contributed by atoms with Crippen LogP contribution in [0.2, 0.25) is 0 Å². The summed E-state index contributed by atoms with van der Waals surface area (Å²) in [6.07, 6.45) is 2.45. The van der Waals surface area contributed by atoms with Crippen molar-refractivity contribution < 1.29 is 0 Å². The number of hydrogen-bond acceptors (Lipinski definition) is 5. The van der Waals surface area contributed by atoms with E-state index in [0.29, 0.717) is 5.95 Å². The molecule has 0 bridgehead atoms. The summed E-state index contributed by atoms with van der Waals surface area (Å²) >= 11 is 0. The third kappa shape index (κ3) is 4.20. The summed E-state index contributed by atoms with van der Waals surface area (Å²) in [5, 5.41) is 10.2. The van der Waals surface area contributed by atoms with E-state index >= 15 is 0 Å². The molecular formula is C18H25N5. The van der Waals surface area contributed by atoms with Gasteiger partial charge in [0.05, 0.1) is 0 Å². The van der Waals surface area contributed by atoms with Crippen molar-refractivity contribution in [3.63, 3.8) is 0 Å². The van der Waals surface area contributed by atoms with Crippen LogP contribution in [-0.2, 0) is 0 Å². The van der Waals surface area contributed by atoms with Crippen LogP contribution in [0.1, 0.15) is 24.1 Å². The Morgan fingerprint density at radius 3 is 2.57 bits per heavy atom. The van der Waals surface area contributed by atoms with E-state index < -0.39 is 0 Å². The Bertz CT molecular complexity index is 635. The zero-order chi connectivity index (χ0) is 16.1. The van der Waals surface area contributed by atoms with Gasteiger partial charge in [0, 0.05) is 23.5 Å². The average molecular weight is 311 g/mol. The van der Waals surface area contributed by atoms with Gasteiger partial charge in [0.1, 0.15) is 5.82 Å². The molecule has 0 saturated carbocycles. The lowest BCUT2D eigenvalue weighted by Crippen LogP contribution is -2.31. The van der Waals surface area contributed by atoms with E-state index in [1.807, 2.05) is 37.3 Å². The highest BCUT2D eigenvalue weighted by Gasteiger charge is 2.14. The van der Waals surface area contributed by atoms with Crippen LogP contribution in [0.3, 0.4) is 0 Å². The Morgan fingerprint density at radius 2 is 1.83 bits per heavy atom. The minimum atomic E-state index is 0.645. The van der Waals surface area contributed by atoms with Gasteiger partial charge in [0.2, 0.25) is 5.95 Å². The molecule has 3 N–H and O–H groups in total. The van der Waals surface area contributed by atoms with E-state index in [0.717, 1.165) is 48.3 Å². The molecule has 23 heavy (non-hydrogen) atoms. The fraction of sp³-hybridized carbons (Fsp3) is 0.444. The molecule has 1 aliphatic rings. The number of hydrogen-bond donors (Lipinski definition) is 3. The fourth-order valence-corrected chi connectivity index (χ4v) is 2.83. The van der Waals surface area contributed by atoms with Gasteiger partial charge in [-0.25, -0.2) is 4.98 Å². The number of nitrogens with zero attached hydrogens (tertiary/aromatic N) is 2. The van der Waals surface area contributed by atoms with Gasteiger partial charge in [0.15, 0.2) is 0 Å². The van der Waals surface area contributed by atoms with Gasteiger partial charge < -0.3 is 16.0 Å². The number of aryl methyl sites for hydroxylation is 1. The van der Waals surface area contributed by atoms with Crippen molar-refractivity contribution in [2.75, 3.05) is 30.3 Å². The van der Waals surface area contributed by atoms with Crippen molar-refractivity contribution in [3.05, 3.63) is 41.6 Å². The topological polar surface area (TPSA) is 61.9 Å². The predicted molar refractivity (Wildman–Crippen MR) is 95.3 cm³/mol. The van der Waals surface area contributed by atoms with Crippen LogP contribution in [0, 0.1) is 19.8 Å². The summed E-state index contributed by atoms with van der Waals surface area (Å²) in [7, 11) is 0. The first-order chi connectivity index (χ1) is 11.2. The molecule has 5 heteroatoms. The Balaban J connectivity index is 1.71. The second-order valence-electron chi connectivity index (χ2n) is 6.17. The van der Waals surface area contributed by atoms with Crippen LogP contribution in [0.25, 0.3) is 0 Å². The second kappa shape index (κ2) is 7.42. The van der Waals surface area contributed by atoms with Gasteiger partial charge in [-0.05, 0) is 57.8 Å². The van der Waals surface area contributed by atoms with Crippen LogP contribution in [0.4, 0.5) is 17.5 Å². The van der Waals surface area contributed by atoms with E-state index in [9.17, 15) is 0 Å². The Kier molecular flexibility index (Phi) is 5.08. The molecule has 0 spiro atoms. The average Bonchev–Trinajstić information content (AvgIpc) is 2.58. The Hall–Kier alpha value is -2.14.